The summed E-state index contributed by atoms with van der Waals surface area (Å²) in [7, 11) is 0. The van der Waals surface area contributed by atoms with Crippen LogP contribution in [0.5, 0.6) is 0 Å². The molecule has 0 heterocycles. The third-order valence-corrected chi connectivity index (χ3v) is 3.05. The van der Waals surface area contributed by atoms with Crippen molar-refractivity contribution in [1.82, 2.24) is 10.5 Å². The highest BCUT2D eigenvalue weighted by Gasteiger charge is 2.20. The first-order chi connectivity index (χ1) is 11.0. The van der Waals surface area contributed by atoms with Crippen molar-refractivity contribution in [2.45, 2.75) is 20.8 Å². The SMILES string of the molecule is CC(=O)NN(c1ccccc1)N(Nc1ccc(C)cc1)C(C)=O. The number of benzene rings is 2. The maximum absolute atomic E-state index is 12.1. The average molecular weight is 312 g/mol. The molecule has 120 valence electrons. The monoisotopic (exact) mass is 312 g/mol. The van der Waals surface area contributed by atoms with Crippen LogP contribution in [0, 0.1) is 6.92 Å². The van der Waals surface area contributed by atoms with Crippen LogP contribution < -0.4 is 16.0 Å². The summed E-state index contributed by atoms with van der Waals surface area (Å²) in [4.78, 5) is 23.6. The zero-order valence-corrected chi connectivity index (χ0v) is 13.4. The van der Waals surface area contributed by atoms with Gasteiger partial charge in [0.05, 0.1) is 11.4 Å². The third kappa shape index (κ3) is 4.47. The van der Waals surface area contributed by atoms with E-state index in [4.69, 9.17) is 0 Å². The zero-order valence-electron chi connectivity index (χ0n) is 13.4. The van der Waals surface area contributed by atoms with Crippen LogP contribution in [0.4, 0.5) is 11.4 Å². The average Bonchev–Trinajstić information content (AvgIpc) is 2.53. The van der Waals surface area contributed by atoms with E-state index in [1.807, 2.05) is 49.4 Å². The van der Waals surface area contributed by atoms with Gasteiger partial charge in [0.25, 0.3) is 5.91 Å². The summed E-state index contributed by atoms with van der Waals surface area (Å²) in [6.07, 6.45) is 0. The van der Waals surface area contributed by atoms with Crippen LogP contribution in [-0.4, -0.2) is 16.9 Å². The Morgan fingerprint density at radius 3 is 2.04 bits per heavy atom. The van der Waals surface area contributed by atoms with E-state index in [2.05, 4.69) is 10.9 Å². The van der Waals surface area contributed by atoms with Gasteiger partial charge in [0.15, 0.2) is 0 Å². The Balaban J connectivity index is 2.32. The Morgan fingerprint density at radius 1 is 0.913 bits per heavy atom. The van der Waals surface area contributed by atoms with Crippen molar-refractivity contribution >= 4 is 23.2 Å². The highest BCUT2D eigenvalue weighted by molar-refractivity contribution is 5.80. The molecule has 2 aromatic carbocycles. The Bertz CT molecular complexity index is 671. The summed E-state index contributed by atoms with van der Waals surface area (Å²) in [5, 5.41) is 2.63. The van der Waals surface area contributed by atoms with Gasteiger partial charge in [-0.2, -0.15) is 5.12 Å². The fourth-order valence-corrected chi connectivity index (χ4v) is 1.97. The number of para-hydroxylation sites is 1. The maximum Gasteiger partial charge on any atom is 0.259 e. The molecule has 0 unspecified atom stereocenters. The minimum Gasteiger partial charge on any atom is -0.275 e. The van der Waals surface area contributed by atoms with Gasteiger partial charge in [-0.15, -0.1) is 5.12 Å². The molecule has 0 atom stereocenters. The van der Waals surface area contributed by atoms with E-state index >= 15 is 0 Å². The lowest BCUT2D eigenvalue weighted by Crippen LogP contribution is -2.57. The molecule has 0 spiro atoms. The summed E-state index contributed by atoms with van der Waals surface area (Å²) >= 11 is 0. The number of hydrogen-bond donors (Lipinski definition) is 2. The zero-order chi connectivity index (χ0) is 16.8. The van der Waals surface area contributed by atoms with Crippen LogP contribution in [0.3, 0.4) is 0 Å². The minimum absolute atomic E-state index is 0.275. The van der Waals surface area contributed by atoms with Gasteiger partial charge in [-0.05, 0) is 31.2 Å². The maximum atomic E-state index is 12.1. The lowest BCUT2D eigenvalue weighted by Gasteiger charge is -2.35. The van der Waals surface area contributed by atoms with Crippen LogP contribution in [0.25, 0.3) is 0 Å². The highest BCUT2D eigenvalue weighted by atomic mass is 16.2. The van der Waals surface area contributed by atoms with Crippen molar-refractivity contribution in [3.05, 3.63) is 60.2 Å². The largest absolute Gasteiger partial charge is 0.275 e. The van der Waals surface area contributed by atoms with Crippen molar-refractivity contribution in [3.8, 4) is 0 Å². The molecule has 0 radical (unpaired) electrons. The van der Waals surface area contributed by atoms with Gasteiger partial charge in [0, 0.05) is 13.8 Å². The van der Waals surface area contributed by atoms with E-state index in [1.54, 1.807) is 12.1 Å². The molecule has 2 N–H and O–H groups in total. The predicted molar refractivity (Wildman–Crippen MR) is 90.1 cm³/mol. The molecule has 0 fully saturated rings. The summed E-state index contributed by atoms with van der Waals surface area (Å²) in [5.41, 5.74) is 8.15. The fraction of sp³-hybridized carbons (Fsp3) is 0.176. The van der Waals surface area contributed by atoms with Gasteiger partial charge in [0.1, 0.15) is 0 Å². The molecule has 23 heavy (non-hydrogen) atoms. The molecule has 0 saturated heterocycles. The number of nitrogens with one attached hydrogen (secondary N) is 2. The molecule has 6 nitrogen and oxygen atoms in total. The van der Waals surface area contributed by atoms with Crippen LogP contribution >= 0.6 is 0 Å². The fourth-order valence-electron chi connectivity index (χ4n) is 1.97. The summed E-state index contributed by atoms with van der Waals surface area (Å²) in [6.45, 7) is 4.79. The lowest BCUT2D eigenvalue weighted by molar-refractivity contribution is -0.129. The molecule has 2 rings (SSSR count). The number of rotatable bonds is 5. The summed E-state index contributed by atoms with van der Waals surface area (Å²) in [5.74, 6) is -0.561. The number of anilines is 2. The van der Waals surface area contributed by atoms with Crippen molar-refractivity contribution in [2.24, 2.45) is 0 Å². The molecule has 0 aromatic heterocycles. The highest BCUT2D eigenvalue weighted by Crippen LogP contribution is 2.16. The Labute approximate surface area is 135 Å². The van der Waals surface area contributed by atoms with E-state index in [9.17, 15) is 9.59 Å². The molecule has 0 aliphatic rings. The molecular weight excluding hydrogens is 292 g/mol. The molecule has 2 amide bonds. The van der Waals surface area contributed by atoms with Crippen LogP contribution in [-0.2, 0) is 9.59 Å². The van der Waals surface area contributed by atoms with Crippen molar-refractivity contribution in [3.63, 3.8) is 0 Å². The van der Waals surface area contributed by atoms with Gasteiger partial charge < -0.3 is 0 Å². The normalized spacial score (nSPS) is 9.87. The van der Waals surface area contributed by atoms with E-state index in [-0.39, 0.29) is 11.8 Å². The van der Waals surface area contributed by atoms with Crippen LogP contribution in [0.1, 0.15) is 19.4 Å². The second-order valence-corrected chi connectivity index (χ2v) is 5.12. The lowest BCUT2D eigenvalue weighted by atomic mass is 10.2. The first kappa shape index (κ1) is 16.4. The second-order valence-electron chi connectivity index (χ2n) is 5.12. The first-order valence-corrected chi connectivity index (χ1v) is 7.23. The van der Waals surface area contributed by atoms with E-state index in [0.717, 1.165) is 11.3 Å². The summed E-state index contributed by atoms with van der Waals surface area (Å²) < 4.78 is 0. The quantitative estimate of drug-likeness (QED) is 0.833. The van der Waals surface area contributed by atoms with Crippen molar-refractivity contribution in [2.75, 3.05) is 10.5 Å². The Morgan fingerprint density at radius 2 is 1.52 bits per heavy atom. The molecular formula is C17H20N4O2. The molecule has 0 aliphatic heterocycles. The number of aryl methyl sites for hydroxylation is 1. The van der Waals surface area contributed by atoms with Crippen LogP contribution in [0.15, 0.2) is 54.6 Å². The van der Waals surface area contributed by atoms with Gasteiger partial charge >= 0.3 is 0 Å². The van der Waals surface area contributed by atoms with Crippen molar-refractivity contribution in [1.29, 1.82) is 0 Å². The number of amides is 2. The minimum atomic E-state index is -0.286. The van der Waals surface area contributed by atoms with Gasteiger partial charge in [-0.25, -0.2) is 5.43 Å². The molecule has 0 aliphatic carbocycles. The molecule has 6 heteroatoms. The molecule has 2 aromatic rings. The smallest absolute Gasteiger partial charge is 0.259 e. The number of nitrogens with zero attached hydrogens (tertiary/aromatic N) is 2. The van der Waals surface area contributed by atoms with Gasteiger partial charge in [0.2, 0.25) is 5.91 Å². The van der Waals surface area contributed by atoms with E-state index in [1.165, 1.54) is 24.1 Å². The number of carbonyl (C=O) groups excluding carboxylic acids is 2. The van der Waals surface area contributed by atoms with E-state index in [0.29, 0.717) is 5.69 Å². The Kier molecular flexibility index (Phi) is 5.19. The first-order valence-electron chi connectivity index (χ1n) is 7.23. The molecule has 0 bridgehead atoms. The Hall–Kier alpha value is -3.02. The topological polar surface area (TPSA) is 64.7 Å². The number of carbonyl (C=O) groups is 2. The number of hydrazine groups is 3. The van der Waals surface area contributed by atoms with Crippen LogP contribution in [0.2, 0.25) is 0 Å². The van der Waals surface area contributed by atoms with Gasteiger partial charge in [-0.1, -0.05) is 35.9 Å². The van der Waals surface area contributed by atoms with E-state index < -0.39 is 0 Å². The predicted octanol–water partition coefficient (Wildman–Crippen LogP) is 2.64. The van der Waals surface area contributed by atoms with Crippen molar-refractivity contribution < 1.29 is 9.59 Å². The number of hydrogen-bond acceptors (Lipinski definition) is 4. The second kappa shape index (κ2) is 7.31. The third-order valence-electron chi connectivity index (χ3n) is 3.05. The molecule has 0 saturated carbocycles. The summed E-state index contributed by atoms with van der Waals surface area (Å²) in [6, 6.07) is 16.7. The standard InChI is InChI=1S/C17H20N4O2/c1-13-9-11-16(12-10-13)19-20(15(3)23)21(18-14(2)22)17-7-5-4-6-8-17/h4-12,19H,1-3H3,(H,18,22). The van der Waals surface area contributed by atoms with Gasteiger partial charge in [-0.3, -0.25) is 15.0 Å².